The number of nitrogens with zero attached hydrogens (tertiary/aromatic N) is 1. The first kappa shape index (κ1) is 21.6. The normalized spacial score (nSPS) is 11.1. The molecule has 3 aromatic carbocycles. The van der Waals surface area contributed by atoms with E-state index < -0.39 is 10.0 Å². The zero-order chi connectivity index (χ0) is 21.6. The first-order chi connectivity index (χ1) is 14.4. The standard InChI is InChI=1S/C24H26N2O3S/c1-19-9-6-14-22(17-19)26(2)30(28,29)23-15-7-13-21(18-23)24(27)25-16-8-12-20-10-4-3-5-11-20/h3-7,9-11,13-15,17-18H,8,12,16H2,1-2H3,(H,25,27). The summed E-state index contributed by atoms with van der Waals surface area (Å²) in [7, 11) is -2.26. The van der Waals surface area contributed by atoms with E-state index in [4.69, 9.17) is 0 Å². The van der Waals surface area contributed by atoms with Crippen LogP contribution in [0.3, 0.4) is 0 Å². The van der Waals surface area contributed by atoms with Gasteiger partial charge in [0.05, 0.1) is 10.6 Å². The molecule has 30 heavy (non-hydrogen) atoms. The Labute approximate surface area is 178 Å². The highest BCUT2D eigenvalue weighted by Gasteiger charge is 2.22. The highest BCUT2D eigenvalue weighted by molar-refractivity contribution is 7.92. The number of nitrogens with one attached hydrogen (secondary N) is 1. The zero-order valence-electron chi connectivity index (χ0n) is 17.2. The van der Waals surface area contributed by atoms with Gasteiger partial charge in [0.25, 0.3) is 15.9 Å². The fourth-order valence-electron chi connectivity index (χ4n) is 3.16. The maximum Gasteiger partial charge on any atom is 0.264 e. The lowest BCUT2D eigenvalue weighted by molar-refractivity contribution is 0.0953. The summed E-state index contributed by atoms with van der Waals surface area (Å²) in [5.41, 5.74) is 3.09. The van der Waals surface area contributed by atoms with Crippen LogP contribution in [0, 0.1) is 6.92 Å². The number of aryl methyl sites for hydroxylation is 2. The van der Waals surface area contributed by atoms with E-state index in [0.717, 1.165) is 18.4 Å². The molecule has 0 radical (unpaired) electrons. The fourth-order valence-corrected chi connectivity index (χ4v) is 4.39. The van der Waals surface area contributed by atoms with E-state index in [1.165, 1.54) is 29.0 Å². The van der Waals surface area contributed by atoms with Crippen LogP contribution in [-0.2, 0) is 16.4 Å². The molecule has 0 saturated heterocycles. The minimum atomic E-state index is -3.77. The van der Waals surface area contributed by atoms with Gasteiger partial charge in [0.15, 0.2) is 0 Å². The lowest BCUT2D eigenvalue weighted by Crippen LogP contribution is -2.28. The quantitative estimate of drug-likeness (QED) is 0.554. The fraction of sp³-hybridized carbons (Fsp3) is 0.208. The minimum absolute atomic E-state index is 0.0865. The molecule has 6 heteroatoms. The van der Waals surface area contributed by atoms with E-state index in [1.807, 2.05) is 37.3 Å². The van der Waals surface area contributed by atoms with Crippen molar-refractivity contribution >= 4 is 21.6 Å². The predicted octanol–water partition coefficient (Wildman–Crippen LogP) is 4.18. The molecule has 0 aliphatic carbocycles. The number of carbonyl (C=O) groups excluding carboxylic acids is 1. The Morgan fingerprint density at radius 2 is 1.67 bits per heavy atom. The van der Waals surface area contributed by atoms with Crippen LogP contribution in [-0.4, -0.2) is 27.9 Å². The summed E-state index contributed by atoms with van der Waals surface area (Å²) in [5, 5.41) is 2.87. The van der Waals surface area contributed by atoms with E-state index in [-0.39, 0.29) is 10.8 Å². The van der Waals surface area contributed by atoms with Crippen molar-refractivity contribution in [2.24, 2.45) is 0 Å². The van der Waals surface area contributed by atoms with Crippen molar-refractivity contribution < 1.29 is 13.2 Å². The van der Waals surface area contributed by atoms with Gasteiger partial charge in [-0.2, -0.15) is 0 Å². The van der Waals surface area contributed by atoms with Crippen LogP contribution in [0.2, 0.25) is 0 Å². The summed E-state index contributed by atoms with van der Waals surface area (Å²) in [6, 6.07) is 23.5. The molecule has 0 aliphatic heterocycles. The molecule has 0 fully saturated rings. The maximum atomic E-state index is 13.0. The third-order valence-electron chi connectivity index (χ3n) is 4.89. The van der Waals surface area contributed by atoms with E-state index in [1.54, 1.807) is 24.3 Å². The molecule has 3 aromatic rings. The monoisotopic (exact) mass is 422 g/mol. The number of anilines is 1. The SMILES string of the molecule is Cc1cccc(N(C)S(=O)(=O)c2cccc(C(=O)NCCCc3ccccc3)c2)c1. The summed E-state index contributed by atoms with van der Waals surface area (Å²) in [5.74, 6) is -0.279. The van der Waals surface area contributed by atoms with Gasteiger partial charge in [-0.3, -0.25) is 9.10 Å². The molecule has 3 rings (SSSR count). The summed E-state index contributed by atoms with van der Waals surface area (Å²) in [4.78, 5) is 12.6. The average Bonchev–Trinajstić information content (AvgIpc) is 2.77. The minimum Gasteiger partial charge on any atom is -0.352 e. The molecule has 156 valence electrons. The Bertz CT molecular complexity index is 1110. The number of hydrogen-bond donors (Lipinski definition) is 1. The second-order valence-corrected chi connectivity index (χ2v) is 9.15. The van der Waals surface area contributed by atoms with Crippen LogP contribution < -0.4 is 9.62 Å². The molecule has 0 aromatic heterocycles. The summed E-state index contributed by atoms with van der Waals surface area (Å²) in [6.07, 6.45) is 1.68. The lowest BCUT2D eigenvalue weighted by Gasteiger charge is -2.20. The smallest absolute Gasteiger partial charge is 0.264 e. The number of amides is 1. The Kier molecular flexibility index (Phi) is 6.90. The Balaban J connectivity index is 1.66. The van der Waals surface area contributed by atoms with Crippen LogP contribution in [0.15, 0.2) is 83.8 Å². The third kappa shape index (κ3) is 5.27. The molecule has 0 unspecified atom stereocenters. The van der Waals surface area contributed by atoms with Gasteiger partial charge in [0.1, 0.15) is 0 Å². The van der Waals surface area contributed by atoms with Crippen molar-refractivity contribution in [3.63, 3.8) is 0 Å². The van der Waals surface area contributed by atoms with Crippen LogP contribution in [0.1, 0.15) is 27.9 Å². The van der Waals surface area contributed by atoms with Gasteiger partial charge < -0.3 is 5.32 Å². The number of rotatable bonds is 8. The Hall–Kier alpha value is -3.12. The number of hydrogen-bond acceptors (Lipinski definition) is 3. The molecular formula is C24H26N2O3S. The van der Waals surface area contributed by atoms with Crippen LogP contribution in [0.4, 0.5) is 5.69 Å². The lowest BCUT2D eigenvalue weighted by atomic mass is 10.1. The molecule has 0 bridgehead atoms. The van der Waals surface area contributed by atoms with E-state index in [9.17, 15) is 13.2 Å². The van der Waals surface area contributed by atoms with Crippen LogP contribution in [0.25, 0.3) is 0 Å². The van der Waals surface area contributed by atoms with Crippen molar-refractivity contribution in [1.82, 2.24) is 5.32 Å². The van der Waals surface area contributed by atoms with E-state index in [2.05, 4.69) is 17.4 Å². The second kappa shape index (κ2) is 9.59. The molecule has 1 N–H and O–H groups in total. The summed E-state index contributed by atoms with van der Waals surface area (Å²) in [6.45, 7) is 2.43. The van der Waals surface area contributed by atoms with E-state index >= 15 is 0 Å². The van der Waals surface area contributed by atoms with Gasteiger partial charge in [-0.1, -0.05) is 48.5 Å². The Morgan fingerprint density at radius 1 is 0.933 bits per heavy atom. The van der Waals surface area contributed by atoms with Crippen molar-refractivity contribution in [2.75, 3.05) is 17.9 Å². The van der Waals surface area contributed by atoms with Gasteiger partial charge >= 0.3 is 0 Å². The Morgan fingerprint density at radius 3 is 2.40 bits per heavy atom. The molecular weight excluding hydrogens is 396 g/mol. The first-order valence-corrected chi connectivity index (χ1v) is 11.3. The average molecular weight is 423 g/mol. The predicted molar refractivity (Wildman–Crippen MR) is 120 cm³/mol. The molecule has 0 aliphatic rings. The molecule has 1 amide bonds. The molecule has 0 atom stereocenters. The van der Waals surface area contributed by atoms with Gasteiger partial charge in [0, 0.05) is 19.2 Å². The van der Waals surface area contributed by atoms with Gasteiger partial charge in [0.2, 0.25) is 0 Å². The maximum absolute atomic E-state index is 13.0. The highest BCUT2D eigenvalue weighted by atomic mass is 32.2. The number of sulfonamides is 1. The van der Waals surface area contributed by atoms with Crippen molar-refractivity contribution in [1.29, 1.82) is 0 Å². The highest BCUT2D eigenvalue weighted by Crippen LogP contribution is 2.23. The van der Waals surface area contributed by atoms with Crippen LogP contribution in [0.5, 0.6) is 0 Å². The molecule has 0 saturated carbocycles. The largest absolute Gasteiger partial charge is 0.352 e. The van der Waals surface area contributed by atoms with Gasteiger partial charge in [-0.05, 0) is 61.2 Å². The van der Waals surface area contributed by atoms with Gasteiger partial charge in [-0.25, -0.2) is 8.42 Å². The third-order valence-corrected chi connectivity index (χ3v) is 6.67. The molecule has 0 spiro atoms. The van der Waals surface area contributed by atoms with Crippen LogP contribution >= 0.6 is 0 Å². The summed E-state index contributed by atoms with van der Waals surface area (Å²) >= 11 is 0. The molecule has 0 heterocycles. The summed E-state index contributed by atoms with van der Waals surface area (Å²) < 4.78 is 27.3. The number of benzene rings is 3. The zero-order valence-corrected chi connectivity index (χ0v) is 18.0. The molecule has 5 nitrogen and oxygen atoms in total. The van der Waals surface area contributed by atoms with Crippen molar-refractivity contribution in [3.05, 3.63) is 95.6 Å². The van der Waals surface area contributed by atoms with Crippen molar-refractivity contribution in [3.8, 4) is 0 Å². The van der Waals surface area contributed by atoms with Crippen molar-refractivity contribution in [2.45, 2.75) is 24.7 Å². The topological polar surface area (TPSA) is 66.5 Å². The van der Waals surface area contributed by atoms with Gasteiger partial charge in [-0.15, -0.1) is 0 Å². The number of carbonyl (C=O) groups is 1. The first-order valence-electron chi connectivity index (χ1n) is 9.86. The van der Waals surface area contributed by atoms with E-state index in [0.29, 0.717) is 17.8 Å². The second-order valence-electron chi connectivity index (χ2n) is 7.18.